The van der Waals surface area contributed by atoms with Crippen molar-refractivity contribution in [3.05, 3.63) is 12.7 Å². The predicted molar refractivity (Wildman–Crippen MR) is 70.2 cm³/mol. The zero-order chi connectivity index (χ0) is 13.4. The number of aliphatic carboxylic acids is 1. The lowest BCUT2D eigenvalue weighted by Gasteiger charge is -2.32. The lowest BCUT2D eigenvalue weighted by molar-refractivity contribution is -0.137. The number of carbonyl (C=O) groups excluding carboxylic acids is 1. The van der Waals surface area contributed by atoms with Crippen LogP contribution in [0.3, 0.4) is 0 Å². The molecule has 1 aliphatic heterocycles. The van der Waals surface area contributed by atoms with Crippen LogP contribution in [-0.4, -0.2) is 35.0 Å². The van der Waals surface area contributed by atoms with E-state index in [1.807, 2.05) is 11.0 Å². The molecule has 4 nitrogen and oxygen atoms in total. The van der Waals surface area contributed by atoms with Crippen LogP contribution in [-0.2, 0) is 9.59 Å². The van der Waals surface area contributed by atoms with Crippen molar-refractivity contribution < 1.29 is 14.7 Å². The molecule has 1 fully saturated rings. The van der Waals surface area contributed by atoms with Crippen molar-refractivity contribution in [1.82, 2.24) is 4.90 Å². The van der Waals surface area contributed by atoms with Gasteiger partial charge in [0.25, 0.3) is 0 Å². The molecule has 1 rings (SSSR count). The van der Waals surface area contributed by atoms with Crippen molar-refractivity contribution in [3.63, 3.8) is 0 Å². The second-order valence-electron chi connectivity index (χ2n) is 4.96. The monoisotopic (exact) mass is 253 g/mol. The van der Waals surface area contributed by atoms with E-state index in [4.69, 9.17) is 5.11 Å². The number of likely N-dealkylation sites (tertiary alicyclic amines) is 1. The van der Waals surface area contributed by atoms with Crippen LogP contribution in [0.25, 0.3) is 0 Å². The maximum absolute atomic E-state index is 11.9. The standard InChI is InChI=1S/C14H23NO3/c1-2-3-4-7-13(16)15-10-5-6-12(11-15)8-9-14(17)18/h2,12H,1,3-11H2,(H,17,18). The molecule has 1 N–H and O–H groups in total. The van der Waals surface area contributed by atoms with Crippen molar-refractivity contribution in [2.24, 2.45) is 5.92 Å². The summed E-state index contributed by atoms with van der Waals surface area (Å²) in [7, 11) is 0. The number of amides is 1. The molecule has 0 aromatic rings. The van der Waals surface area contributed by atoms with Crippen molar-refractivity contribution in [2.75, 3.05) is 13.1 Å². The van der Waals surface area contributed by atoms with E-state index >= 15 is 0 Å². The Morgan fingerprint density at radius 1 is 1.39 bits per heavy atom. The van der Waals surface area contributed by atoms with E-state index in [-0.39, 0.29) is 12.3 Å². The third-order valence-electron chi connectivity index (χ3n) is 3.44. The Morgan fingerprint density at radius 2 is 2.17 bits per heavy atom. The van der Waals surface area contributed by atoms with E-state index in [0.717, 1.165) is 38.8 Å². The quantitative estimate of drug-likeness (QED) is 0.560. The molecule has 0 aromatic carbocycles. The summed E-state index contributed by atoms with van der Waals surface area (Å²) in [5, 5.41) is 8.67. The third kappa shape index (κ3) is 5.34. The summed E-state index contributed by atoms with van der Waals surface area (Å²) in [4.78, 5) is 24.4. The minimum Gasteiger partial charge on any atom is -0.481 e. The zero-order valence-electron chi connectivity index (χ0n) is 10.9. The van der Waals surface area contributed by atoms with Gasteiger partial charge in [-0.1, -0.05) is 6.08 Å². The summed E-state index contributed by atoms with van der Waals surface area (Å²) in [6, 6.07) is 0. The molecule has 1 atom stereocenters. The number of hydrogen-bond donors (Lipinski definition) is 1. The lowest BCUT2D eigenvalue weighted by Crippen LogP contribution is -2.39. The fourth-order valence-electron chi connectivity index (χ4n) is 2.41. The molecule has 18 heavy (non-hydrogen) atoms. The Labute approximate surface area is 109 Å². The molecule has 0 aliphatic carbocycles. The highest BCUT2D eigenvalue weighted by atomic mass is 16.4. The van der Waals surface area contributed by atoms with Crippen LogP contribution >= 0.6 is 0 Å². The number of rotatable bonds is 7. The minimum atomic E-state index is -0.746. The number of carboxylic acid groups (broad SMARTS) is 1. The number of carboxylic acids is 1. The molecule has 1 amide bonds. The van der Waals surface area contributed by atoms with E-state index in [9.17, 15) is 9.59 Å². The van der Waals surface area contributed by atoms with Gasteiger partial charge in [-0.05, 0) is 38.0 Å². The summed E-state index contributed by atoms with van der Waals surface area (Å²) < 4.78 is 0. The fraction of sp³-hybridized carbons (Fsp3) is 0.714. The number of unbranched alkanes of at least 4 members (excludes halogenated alkanes) is 1. The first-order valence-corrected chi connectivity index (χ1v) is 6.74. The fourth-order valence-corrected chi connectivity index (χ4v) is 2.41. The summed E-state index contributed by atoms with van der Waals surface area (Å²) in [5.74, 6) is -0.181. The van der Waals surface area contributed by atoms with Gasteiger partial charge in [0.1, 0.15) is 0 Å². The zero-order valence-corrected chi connectivity index (χ0v) is 10.9. The maximum atomic E-state index is 11.9. The number of allylic oxidation sites excluding steroid dienone is 1. The highest BCUT2D eigenvalue weighted by Crippen LogP contribution is 2.21. The van der Waals surface area contributed by atoms with Crippen LogP contribution in [0.15, 0.2) is 12.7 Å². The summed E-state index contributed by atoms with van der Waals surface area (Å²) in [5.41, 5.74) is 0. The first-order chi connectivity index (χ1) is 8.63. The van der Waals surface area contributed by atoms with Crippen LogP contribution < -0.4 is 0 Å². The Morgan fingerprint density at radius 3 is 2.83 bits per heavy atom. The molecule has 1 aliphatic rings. The minimum absolute atomic E-state index is 0.205. The molecule has 0 saturated carbocycles. The van der Waals surface area contributed by atoms with Crippen LogP contribution in [0, 0.1) is 5.92 Å². The molecule has 1 unspecified atom stereocenters. The van der Waals surface area contributed by atoms with E-state index in [1.54, 1.807) is 0 Å². The summed E-state index contributed by atoms with van der Waals surface area (Å²) in [6.45, 7) is 5.21. The second-order valence-corrected chi connectivity index (χ2v) is 4.96. The highest BCUT2D eigenvalue weighted by molar-refractivity contribution is 5.76. The normalized spacial score (nSPS) is 19.6. The molecular formula is C14H23NO3. The first kappa shape index (κ1) is 14.7. The molecule has 1 saturated heterocycles. The van der Waals surface area contributed by atoms with Gasteiger partial charge in [0, 0.05) is 25.9 Å². The SMILES string of the molecule is C=CCCCC(=O)N1CCCC(CCC(=O)O)C1. The average molecular weight is 253 g/mol. The number of hydrogen-bond acceptors (Lipinski definition) is 2. The van der Waals surface area contributed by atoms with Crippen molar-refractivity contribution in [2.45, 2.75) is 44.9 Å². The average Bonchev–Trinajstić information content (AvgIpc) is 2.37. The van der Waals surface area contributed by atoms with E-state index in [0.29, 0.717) is 18.8 Å². The number of piperidine rings is 1. The van der Waals surface area contributed by atoms with Crippen LogP contribution in [0.5, 0.6) is 0 Å². The van der Waals surface area contributed by atoms with Gasteiger partial charge in [-0.25, -0.2) is 0 Å². The Kier molecular flexibility index (Phi) is 6.47. The van der Waals surface area contributed by atoms with Crippen LogP contribution in [0.1, 0.15) is 44.9 Å². The number of nitrogens with zero attached hydrogens (tertiary/aromatic N) is 1. The second kappa shape index (κ2) is 7.90. The van der Waals surface area contributed by atoms with Gasteiger partial charge < -0.3 is 10.0 Å². The summed E-state index contributed by atoms with van der Waals surface area (Å²) >= 11 is 0. The summed E-state index contributed by atoms with van der Waals surface area (Å²) in [6.07, 6.45) is 7.09. The molecule has 0 radical (unpaired) electrons. The molecule has 0 spiro atoms. The Balaban J connectivity index is 2.30. The van der Waals surface area contributed by atoms with E-state index in [1.165, 1.54) is 0 Å². The van der Waals surface area contributed by atoms with Gasteiger partial charge in [0.05, 0.1) is 0 Å². The van der Waals surface area contributed by atoms with Gasteiger partial charge in [0.15, 0.2) is 0 Å². The molecule has 102 valence electrons. The molecule has 0 bridgehead atoms. The molecule has 0 aromatic heterocycles. The van der Waals surface area contributed by atoms with Crippen molar-refractivity contribution >= 4 is 11.9 Å². The first-order valence-electron chi connectivity index (χ1n) is 6.74. The smallest absolute Gasteiger partial charge is 0.303 e. The van der Waals surface area contributed by atoms with Crippen LogP contribution in [0.4, 0.5) is 0 Å². The maximum Gasteiger partial charge on any atom is 0.303 e. The van der Waals surface area contributed by atoms with Crippen molar-refractivity contribution in [1.29, 1.82) is 0 Å². The van der Waals surface area contributed by atoms with Gasteiger partial charge in [-0.15, -0.1) is 6.58 Å². The van der Waals surface area contributed by atoms with Gasteiger partial charge in [0.2, 0.25) is 5.91 Å². The largest absolute Gasteiger partial charge is 0.481 e. The van der Waals surface area contributed by atoms with E-state index in [2.05, 4.69) is 6.58 Å². The van der Waals surface area contributed by atoms with E-state index < -0.39 is 5.97 Å². The Bertz CT molecular complexity index is 301. The number of carbonyl (C=O) groups is 2. The van der Waals surface area contributed by atoms with Gasteiger partial charge in [-0.3, -0.25) is 9.59 Å². The lowest BCUT2D eigenvalue weighted by atomic mass is 9.93. The molecule has 1 heterocycles. The molecular weight excluding hydrogens is 230 g/mol. The Hall–Kier alpha value is -1.32. The van der Waals surface area contributed by atoms with Crippen LogP contribution in [0.2, 0.25) is 0 Å². The van der Waals surface area contributed by atoms with Gasteiger partial charge >= 0.3 is 5.97 Å². The topological polar surface area (TPSA) is 57.6 Å². The third-order valence-corrected chi connectivity index (χ3v) is 3.44. The highest BCUT2D eigenvalue weighted by Gasteiger charge is 2.23. The van der Waals surface area contributed by atoms with Crippen molar-refractivity contribution in [3.8, 4) is 0 Å². The van der Waals surface area contributed by atoms with Gasteiger partial charge in [-0.2, -0.15) is 0 Å². The predicted octanol–water partition coefficient (Wildman–Crippen LogP) is 2.45. The molecule has 4 heteroatoms.